The molecule has 1 aromatic rings. The Labute approximate surface area is 167 Å². The summed E-state index contributed by atoms with van der Waals surface area (Å²) < 4.78 is 10.9. The molecule has 1 fully saturated rings. The number of hydrogen-bond acceptors (Lipinski definition) is 4. The van der Waals surface area contributed by atoms with Crippen LogP contribution in [-0.2, 0) is 11.3 Å². The van der Waals surface area contributed by atoms with Gasteiger partial charge < -0.3 is 24.8 Å². The summed E-state index contributed by atoms with van der Waals surface area (Å²) in [6.45, 7) is 5.56. The van der Waals surface area contributed by atoms with Crippen LogP contribution in [0.25, 0.3) is 0 Å². The van der Waals surface area contributed by atoms with E-state index in [9.17, 15) is 5.11 Å². The largest absolute Gasteiger partial charge is 0.508 e. The highest BCUT2D eigenvalue weighted by Gasteiger charge is 2.21. The van der Waals surface area contributed by atoms with Crippen LogP contribution >= 0.6 is 24.0 Å². The van der Waals surface area contributed by atoms with E-state index in [1.165, 1.54) is 12.8 Å². The zero-order chi connectivity index (χ0) is 17.4. The number of nitrogens with zero attached hydrogens (tertiary/aromatic N) is 2. The molecule has 0 heterocycles. The molecule has 0 amide bonds. The van der Waals surface area contributed by atoms with Crippen LogP contribution < -0.4 is 10.1 Å². The number of halogens is 1. The fraction of sp³-hybridized carbons (Fsp3) is 0.611. The Hall–Kier alpha value is -1.22. The van der Waals surface area contributed by atoms with Crippen molar-refractivity contribution in [2.75, 3.05) is 40.5 Å². The lowest BCUT2D eigenvalue weighted by molar-refractivity contribution is 0.115. The number of rotatable bonds is 9. The molecule has 0 aliphatic heterocycles. The van der Waals surface area contributed by atoms with Crippen LogP contribution in [0.1, 0.15) is 25.3 Å². The fourth-order valence-electron chi connectivity index (χ4n) is 2.29. The first kappa shape index (κ1) is 21.8. The molecular formula is C18H30IN3O3. The number of benzene rings is 1. The minimum absolute atomic E-state index is 0. The van der Waals surface area contributed by atoms with Gasteiger partial charge in [-0.15, -0.1) is 24.0 Å². The lowest BCUT2D eigenvalue weighted by Crippen LogP contribution is -2.40. The number of likely N-dealkylation sites (N-methyl/N-ethyl adjacent to an activating group) is 1. The van der Waals surface area contributed by atoms with Gasteiger partial charge in [-0.3, -0.25) is 0 Å². The van der Waals surface area contributed by atoms with Crippen LogP contribution in [0.2, 0.25) is 0 Å². The van der Waals surface area contributed by atoms with Gasteiger partial charge in [-0.25, -0.2) is 4.99 Å². The van der Waals surface area contributed by atoms with Gasteiger partial charge in [0.25, 0.3) is 0 Å². The third-order valence-electron chi connectivity index (χ3n) is 4.00. The molecule has 1 aliphatic carbocycles. The van der Waals surface area contributed by atoms with Crippen LogP contribution in [0.5, 0.6) is 11.5 Å². The average molecular weight is 463 g/mol. The Morgan fingerprint density at radius 2 is 2.16 bits per heavy atom. The number of aromatic hydroxyl groups is 1. The Morgan fingerprint density at radius 3 is 2.80 bits per heavy atom. The predicted octanol–water partition coefficient (Wildman–Crippen LogP) is 2.84. The monoisotopic (exact) mass is 463 g/mol. The molecule has 0 saturated heterocycles. The first-order valence-corrected chi connectivity index (χ1v) is 8.57. The summed E-state index contributed by atoms with van der Waals surface area (Å²) in [7, 11) is 3.60. The third kappa shape index (κ3) is 7.68. The summed E-state index contributed by atoms with van der Waals surface area (Å²) >= 11 is 0. The second-order valence-corrected chi connectivity index (χ2v) is 6.10. The zero-order valence-corrected chi connectivity index (χ0v) is 17.7. The molecule has 1 saturated carbocycles. The second-order valence-electron chi connectivity index (χ2n) is 6.10. The molecule has 1 aliphatic rings. The maximum atomic E-state index is 9.96. The van der Waals surface area contributed by atoms with Gasteiger partial charge >= 0.3 is 0 Å². The van der Waals surface area contributed by atoms with Crippen LogP contribution in [0.4, 0.5) is 0 Å². The molecule has 0 unspecified atom stereocenters. The van der Waals surface area contributed by atoms with Crippen LogP contribution in [0.3, 0.4) is 0 Å². The van der Waals surface area contributed by atoms with E-state index >= 15 is 0 Å². The molecule has 6 nitrogen and oxygen atoms in total. The number of phenols is 1. The SMILES string of the molecule is CCNC(=NCc1cc(OC)ccc1O)N(C)CCOCC1CC1.I. The topological polar surface area (TPSA) is 66.3 Å². The Balaban J connectivity index is 0.00000312. The van der Waals surface area contributed by atoms with Crippen LogP contribution in [0.15, 0.2) is 23.2 Å². The summed E-state index contributed by atoms with van der Waals surface area (Å²) in [5.74, 6) is 2.53. The summed E-state index contributed by atoms with van der Waals surface area (Å²) in [5.41, 5.74) is 0.739. The Bertz CT molecular complexity index is 550. The van der Waals surface area contributed by atoms with E-state index in [2.05, 4.69) is 10.3 Å². The first-order valence-electron chi connectivity index (χ1n) is 8.57. The molecule has 2 rings (SSSR count). The molecule has 25 heavy (non-hydrogen) atoms. The quantitative estimate of drug-likeness (QED) is 0.255. The zero-order valence-electron chi connectivity index (χ0n) is 15.3. The van der Waals surface area contributed by atoms with Crippen molar-refractivity contribution in [3.63, 3.8) is 0 Å². The van der Waals surface area contributed by atoms with E-state index in [0.29, 0.717) is 18.9 Å². The van der Waals surface area contributed by atoms with Gasteiger partial charge in [-0.05, 0) is 43.9 Å². The number of nitrogens with one attached hydrogen (secondary N) is 1. The second kappa shape index (κ2) is 11.4. The average Bonchev–Trinajstić information content (AvgIpc) is 3.41. The first-order chi connectivity index (χ1) is 11.6. The smallest absolute Gasteiger partial charge is 0.194 e. The number of guanidine groups is 1. The molecule has 0 spiro atoms. The van der Waals surface area contributed by atoms with Crippen molar-refractivity contribution in [1.82, 2.24) is 10.2 Å². The summed E-state index contributed by atoms with van der Waals surface area (Å²) in [5, 5.41) is 13.2. The van der Waals surface area contributed by atoms with Crippen molar-refractivity contribution in [3.05, 3.63) is 23.8 Å². The van der Waals surface area contributed by atoms with Crippen molar-refractivity contribution in [3.8, 4) is 11.5 Å². The number of ether oxygens (including phenoxy) is 2. The predicted molar refractivity (Wildman–Crippen MR) is 111 cm³/mol. The Kier molecular flexibility index (Phi) is 9.96. The summed E-state index contributed by atoms with van der Waals surface area (Å²) in [4.78, 5) is 6.66. The maximum Gasteiger partial charge on any atom is 0.194 e. The highest BCUT2D eigenvalue weighted by molar-refractivity contribution is 14.0. The third-order valence-corrected chi connectivity index (χ3v) is 4.00. The van der Waals surface area contributed by atoms with Crippen LogP contribution in [-0.4, -0.2) is 56.4 Å². The summed E-state index contributed by atoms with van der Waals surface area (Å²) in [6.07, 6.45) is 2.62. The van der Waals surface area contributed by atoms with Crippen molar-refractivity contribution in [2.45, 2.75) is 26.3 Å². The minimum atomic E-state index is 0. The fourth-order valence-corrected chi connectivity index (χ4v) is 2.29. The number of aliphatic imine (C=N–C) groups is 1. The van der Waals surface area contributed by atoms with Crippen molar-refractivity contribution in [1.29, 1.82) is 0 Å². The minimum Gasteiger partial charge on any atom is -0.508 e. The van der Waals surface area contributed by atoms with Gasteiger partial charge in [0.2, 0.25) is 0 Å². The number of methoxy groups -OCH3 is 1. The molecule has 0 aromatic heterocycles. The molecule has 7 heteroatoms. The van der Waals surface area contributed by atoms with Gasteiger partial charge in [0.1, 0.15) is 11.5 Å². The molecule has 2 N–H and O–H groups in total. The van der Waals surface area contributed by atoms with E-state index in [-0.39, 0.29) is 29.7 Å². The normalized spacial score (nSPS) is 14.0. The van der Waals surface area contributed by atoms with Gasteiger partial charge in [0.05, 0.1) is 20.3 Å². The molecule has 0 radical (unpaired) electrons. The molecule has 1 aromatic carbocycles. The van der Waals surface area contributed by atoms with Gasteiger partial charge in [0.15, 0.2) is 5.96 Å². The van der Waals surface area contributed by atoms with E-state index in [0.717, 1.165) is 37.1 Å². The van der Waals surface area contributed by atoms with E-state index in [1.54, 1.807) is 25.3 Å². The van der Waals surface area contributed by atoms with Crippen molar-refractivity contribution >= 4 is 29.9 Å². The van der Waals surface area contributed by atoms with Crippen molar-refractivity contribution in [2.24, 2.45) is 10.9 Å². The van der Waals surface area contributed by atoms with Gasteiger partial charge in [0, 0.05) is 32.3 Å². The lowest BCUT2D eigenvalue weighted by atomic mass is 10.2. The standard InChI is InChI=1S/C18H29N3O3.HI/c1-4-19-18(21(2)9-10-24-13-14-5-6-14)20-12-15-11-16(23-3)7-8-17(15)22;/h7-8,11,14,22H,4-6,9-10,12-13H2,1-3H3,(H,19,20);1H. The van der Waals surface area contributed by atoms with E-state index in [1.807, 2.05) is 18.9 Å². The van der Waals surface area contributed by atoms with E-state index < -0.39 is 0 Å². The van der Waals surface area contributed by atoms with Gasteiger partial charge in [-0.2, -0.15) is 0 Å². The van der Waals surface area contributed by atoms with Gasteiger partial charge in [-0.1, -0.05) is 0 Å². The molecule has 0 atom stereocenters. The Morgan fingerprint density at radius 1 is 1.40 bits per heavy atom. The lowest BCUT2D eigenvalue weighted by Gasteiger charge is -2.22. The highest BCUT2D eigenvalue weighted by atomic mass is 127. The van der Waals surface area contributed by atoms with E-state index in [4.69, 9.17) is 9.47 Å². The van der Waals surface area contributed by atoms with Crippen molar-refractivity contribution < 1.29 is 14.6 Å². The summed E-state index contributed by atoms with van der Waals surface area (Å²) in [6, 6.07) is 5.17. The number of hydrogen-bond donors (Lipinski definition) is 2. The highest BCUT2D eigenvalue weighted by Crippen LogP contribution is 2.28. The van der Waals surface area contributed by atoms with Crippen LogP contribution in [0, 0.1) is 5.92 Å². The molecule has 0 bridgehead atoms. The molecular weight excluding hydrogens is 433 g/mol. The maximum absolute atomic E-state index is 9.96. The molecule has 142 valence electrons. The number of phenolic OH excluding ortho intramolecular Hbond substituents is 1.